The van der Waals surface area contributed by atoms with Crippen molar-refractivity contribution in [2.24, 2.45) is 5.92 Å². The van der Waals surface area contributed by atoms with Crippen LogP contribution in [0.5, 0.6) is 5.75 Å². The number of carboxylic acids is 1. The third-order valence-corrected chi connectivity index (χ3v) is 4.73. The molecular weight excluding hydrogens is 467 g/mol. The predicted molar refractivity (Wildman–Crippen MR) is 97.0 cm³/mol. The third-order valence-electron chi connectivity index (χ3n) is 4.73. The second-order valence-corrected chi connectivity index (χ2v) is 6.83. The molecule has 0 aromatic heterocycles. The Morgan fingerprint density at radius 2 is 1.64 bits per heavy atom. The van der Waals surface area contributed by atoms with Crippen LogP contribution in [0.4, 0.5) is 36.4 Å². The number of amides is 1. The number of ether oxygens (including phenoxy) is 1. The first kappa shape index (κ1) is 23.9. The molecule has 0 fully saturated rings. The molecule has 1 unspecified atom stereocenters. The SMILES string of the molecule is O=C(Nc1c(F)c(F)c(-c2cccc(OC(F)(F)F)c2)c(F)c1F)C1=C(O)CCC1C(=O)O. The number of allylic oxidation sites excluding steroid dienone is 1. The van der Waals surface area contributed by atoms with Crippen LogP contribution in [0, 0.1) is 29.2 Å². The lowest BCUT2D eigenvalue weighted by molar-refractivity contribution is -0.274. The van der Waals surface area contributed by atoms with E-state index in [9.17, 15) is 45.4 Å². The minimum atomic E-state index is -5.14. The van der Waals surface area contributed by atoms with E-state index in [1.807, 2.05) is 0 Å². The van der Waals surface area contributed by atoms with Crippen LogP contribution in [0.3, 0.4) is 0 Å². The molecule has 2 aromatic carbocycles. The molecule has 33 heavy (non-hydrogen) atoms. The number of aliphatic carboxylic acids is 1. The normalized spacial score (nSPS) is 16.2. The van der Waals surface area contributed by atoms with Crippen molar-refractivity contribution < 1.29 is 55.3 Å². The van der Waals surface area contributed by atoms with Gasteiger partial charge in [0, 0.05) is 6.42 Å². The van der Waals surface area contributed by atoms with Gasteiger partial charge < -0.3 is 20.3 Å². The predicted octanol–water partition coefficient (Wildman–Crippen LogP) is 5.05. The van der Waals surface area contributed by atoms with Crippen LogP contribution in [0.25, 0.3) is 11.1 Å². The van der Waals surface area contributed by atoms with Crippen LogP contribution in [0.1, 0.15) is 12.8 Å². The summed E-state index contributed by atoms with van der Waals surface area (Å²) >= 11 is 0. The Kier molecular flexibility index (Phi) is 6.25. The smallest absolute Gasteiger partial charge is 0.512 e. The second-order valence-electron chi connectivity index (χ2n) is 6.83. The molecule has 1 atom stereocenters. The van der Waals surface area contributed by atoms with Gasteiger partial charge in [0.2, 0.25) is 0 Å². The molecule has 176 valence electrons. The molecule has 6 nitrogen and oxygen atoms in total. The maximum atomic E-state index is 14.6. The zero-order valence-electron chi connectivity index (χ0n) is 16.1. The number of carbonyl (C=O) groups is 2. The highest BCUT2D eigenvalue weighted by atomic mass is 19.4. The largest absolute Gasteiger partial charge is 0.573 e. The van der Waals surface area contributed by atoms with E-state index in [-0.39, 0.29) is 12.8 Å². The van der Waals surface area contributed by atoms with Gasteiger partial charge in [0.05, 0.1) is 17.1 Å². The van der Waals surface area contributed by atoms with Gasteiger partial charge in [0.1, 0.15) is 17.2 Å². The first-order valence-corrected chi connectivity index (χ1v) is 9.00. The Balaban J connectivity index is 2.02. The highest BCUT2D eigenvalue weighted by Crippen LogP contribution is 2.38. The molecule has 0 saturated carbocycles. The van der Waals surface area contributed by atoms with Crippen molar-refractivity contribution in [3.63, 3.8) is 0 Å². The van der Waals surface area contributed by atoms with Crippen LogP contribution in [0.2, 0.25) is 0 Å². The lowest BCUT2D eigenvalue weighted by atomic mass is 10.00. The number of hydrogen-bond acceptors (Lipinski definition) is 4. The zero-order valence-corrected chi connectivity index (χ0v) is 16.1. The number of aliphatic hydroxyl groups is 1. The molecule has 0 saturated heterocycles. The fraction of sp³-hybridized carbons (Fsp3) is 0.200. The number of hydrogen-bond donors (Lipinski definition) is 3. The molecule has 3 N–H and O–H groups in total. The molecule has 2 aromatic rings. The summed E-state index contributed by atoms with van der Waals surface area (Å²) in [6.45, 7) is 0. The quantitative estimate of drug-likeness (QED) is 0.412. The molecule has 0 spiro atoms. The molecule has 0 heterocycles. The Bertz CT molecular complexity index is 1150. The average Bonchev–Trinajstić information content (AvgIpc) is 3.11. The van der Waals surface area contributed by atoms with Crippen LogP contribution in [-0.2, 0) is 9.59 Å². The van der Waals surface area contributed by atoms with Gasteiger partial charge in [0.25, 0.3) is 5.91 Å². The highest BCUT2D eigenvalue weighted by Gasteiger charge is 2.37. The van der Waals surface area contributed by atoms with Crippen molar-refractivity contribution in [2.45, 2.75) is 19.2 Å². The summed E-state index contributed by atoms with van der Waals surface area (Å²) in [4.78, 5) is 23.5. The van der Waals surface area contributed by atoms with E-state index in [0.717, 1.165) is 18.2 Å². The van der Waals surface area contributed by atoms with E-state index in [2.05, 4.69) is 4.74 Å². The van der Waals surface area contributed by atoms with Crippen LogP contribution >= 0.6 is 0 Å². The van der Waals surface area contributed by atoms with Gasteiger partial charge in [-0.25, -0.2) is 17.6 Å². The molecular formula is C20H12F7NO5. The van der Waals surface area contributed by atoms with E-state index in [1.165, 1.54) is 5.32 Å². The molecule has 1 aliphatic rings. The zero-order chi connectivity index (χ0) is 24.7. The third kappa shape index (κ3) is 4.71. The molecule has 0 bridgehead atoms. The van der Waals surface area contributed by atoms with Crippen LogP contribution in [0.15, 0.2) is 35.6 Å². The minimum Gasteiger partial charge on any atom is -0.512 e. The first-order valence-electron chi connectivity index (χ1n) is 9.00. The molecule has 0 aliphatic heterocycles. The van der Waals surface area contributed by atoms with Gasteiger partial charge in [-0.3, -0.25) is 9.59 Å². The van der Waals surface area contributed by atoms with Crippen LogP contribution in [-0.4, -0.2) is 28.5 Å². The lowest BCUT2D eigenvalue weighted by Gasteiger charge is -2.15. The Hall–Kier alpha value is -3.77. The number of anilines is 1. The summed E-state index contributed by atoms with van der Waals surface area (Å²) < 4.78 is 99.1. The second kappa shape index (κ2) is 8.64. The van der Waals surface area contributed by atoms with E-state index in [1.54, 1.807) is 0 Å². The van der Waals surface area contributed by atoms with Gasteiger partial charge in [-0.05, 0) is 24.1 Å². The summed E-state index contributed by atoms with van der Waals surface area (Å²) in [7, 11) is 0. The van der Waals surface area contributed by atoms with Gasteiger partial charge in [-0.2, -0.15) is 0 Å². The van der Waals surface area contributed by atoms with Gasteiger partial charge in [-0.15, -0.1) is 13.2 Å². The molecule has 1 amide bonds. The Morgan fingerprint density at radius 3 is 2.18 bits per heavy atom. The minimum absolute atomic E-state index is 0.188. The van der Waals surface area contributed by atoms with Gasteiger partial charge >= 0.3 is 12.3 Å². The molecule has 0 radical (unpaired) electrons. The monoisotopic (exact) mass is 479 g/mol. The number of benzene rings is 2. The summed E-state index contributed by atoms with van der Waals surface area (Å²) in [5.41, 5.74) is -4.42. The Labute approximate surface area is 179 Å². The summed E-state index contributed by atoms with van der Waals surface area (Å²) in [5.74, 6) is -14.4. The maximum absolute atomic E-state index is 14.6. The first-order chi connectivity index (χ1) is 15.3. The average molecular weight is 479 g/mol. The van der Waals surface area contributed by atoms with E-state index in [0.29, 0.717) is 6.07 Å². The maximum Gasteiger partial charge on any atom is 0.573 e. The van der Waals surface area contributed by atoms with E-state index < -0.39 is 81.3 Å². The molecule has 3 rings (SSSR count). The highest BCUT2D eigenvalue weighted by molar-refractivity contribution is 6.08. The topological polar surface area (TPSA) is 95.9 Å². The van der Waals surface area contributed by atoms with E-state index in [4.69, 9.17) is 5.11 Å². The number of halogens is 7. The van der Waals surface area contributed by atoms with Crippen molar-refractivity contribution >= 4 is 17.6 Å². The fourth-order valence-electron chi connectivity index (χ4n) is 3.32. The fourth-order valence-corrected chi connectivity index (χ4v) is 3.32. The number of carboxylic acid groups (broad SMARTS) is 1. The van der Waals surface area contributed by atoms with Crippen molar-refractivity contribution in [3.8, 4) is 16.9 Å². The van der Waals surface area contributed by atoms with Crippen LogP contribution < -0.4 is 10.1 Å². The Morgan fingerprint density at radius 1 is 1.03 bits per heavy atom. The van der Waals surface area contributed by atoms with Crippen molar-refractivity contribution in [1.82, 2.24) is 0 Å². The van der Waals surface area contributed by atoms with Crippen molar-refractivity contribution in [1.29, 1.82) is 0 Å². The molecule has 13 heteroatoms. The molecule has 1 aliphatic carbocycles. The summed E-state index contributed by atoms with van der Waals surface area (Å²) in [6.07, 6.45) is -5.55. The lowest BCUT2D eigenvalue weighted by Crippen LogP contribution is -2.25. The number of nitrogens with one attached hydrogen (secondary N) is 1. The standard InChI is InChI=1S/C20H12F7NO5/c21-13-11(7-2-1-3-8(6-7)33-20(25,26)27)14(22)16(24)17(15(13)23)28-18(30)12-9(19(31)32)4-5-10(12)29/h1-3,6,9,29H,4-5H2,(H,28,30)(H,31,32). The van der Waals surface area contributed by atoms with E-state index >= 15 is 0 Å². The van der Waals surface area contributed by atoms with Crippen molar-refractivity contribution in [2.75, 3.05) is 5.32 Å². The number of alkyl halides is 3. The van der Waals surface area contributed by atoms with Gasteiger partial charge in [0.15, 0.2) is 23.3 Å². The summed E-state index contributed by atoms with van der Waals surface area (Å²) in [5, 5.41) is 20.3. The number of aliphatic hydroxyl groups excluding tert-OH is 1. The number of carbonyl (C=O) groups excluding carboxylic acids is 1. The number of rotatable bonds is 5. The van der Waals surface area contributed by atoms with Crippen molar-refractivity contribution in [3.05, 3.63) is 58.9 Å². The summed E-state index contributed by atoms with van der Waals surface area (Å²) in [6, 6.07) is 3.03. The van der Waals surface area contributed by atoms with Gasteiger partial charge in [-0.1, -0.05) is 12.1 Å².